The number of piperazine rings is 1. The number of ether oxygens (including phenoxy) is 1. The van der Waals surface area contributed by atoms with E-state index in [1.54, 1.807) is 0 Å². The van der Waals surface area contributed by atoms with E-state index in [-0.39, 0.29) is 18.6 Å². The zero-order valence-corrected chi connectivity index (χ0v) is 15.5. The van der Waals surface area contributed by atoms with Crippen LogP contribution >= 0.6 is 15.9 Å². The van der Waals surface area contributed by atoms with Gasteiger partial charge < -0.3 is 9.64 Å². The van der Waals surface area contributed by atoms with Gasteiger partial charge in [-0.3, -0.25) is 15.1 Å². The van der Waals surface area contributed by atoms with E-state index in [4.69, 9.17) is 4.74 Å². The molecule has 0 bridgehead atoms. The van der Waals surface area contributed by atoms with Crippen LogP contribution in [0.1, 0.15) is 5.56 Å². The summed E-state index contributed by atoms with van der Waals surface area (Å²) < 4.78 is 6.07. The number of rotatable bonds is 4. The summed E-state index contributed by atoms with van der Waals surface area (Å²) in [5.74, 6) is -0.242. The third kappa shape index (κ3) is 5.77. The third-order valence-electron chi connectivity index (χ3n) is 3.98. The maximum absolute atomic E-state index is 12.1. The Balaban J connectivity index is 1.67. The number of amides is 2. The van der Waals surface area contributed by atoms with Crippen molar-refractivity contribution < 1.29 is 14.3 Å². The Morgan fingerprint density at radius 2 is 1.92 bits per heavy atom. The summed E-state index contributed by atoms with van der Waals surface area (Å²) in [6.45, 7) is 2.61. The molecule has 0 spiro atoms. The summed E-state index contributed by atoms with van der Waals surface area (Å²) >= 11 is 3.37. The standard InChI is InChI=1S/C16H23BrN4O3/c1-20-8-9-21(2)14(11-20)15(22)18-19-16(23)24-10-7-12-3-5-13(17)6-4-12/h3-6,14H,7-11H2,1-2H3,(H,18,22)(H,19,23). The lowest BCUT2D eigenvalue weighted by atomic mass is 10.2. The van der Waals surface area contributed by atoms with Gasteiger partial charge in [-0.2, -0.15) is 0 Å². The van der Waals surface area contributed by atoms with Gasteiger partial charge in [0.1, 0.15) is 6.04 Å². The van der Waals surface area contributed by atoms with Crippen molar-refractivity contribution in [2.75, 3.05) is 40.3 Å². The molecule has 2 rings (SSSR count). The molecule has 0 aromatic heterocycles. The number of hydrogen-bond donors (Lipinski definition) is 2. The Morgan fingerprint density at radius 1 is 1.21 bits per heavy atom. The molecule has 0 aliphatic carbocycles. The first-order chi connectivity index (χ1) is 11.5. The molecule has 0 radical (unpaired) electrons. The van der Waals surface area contributed by atoms with Gasteiger partial charge >= 0.3 is 6.09 Å². The second-order valence-corrected chi connectivity index (χ2v) is 6.80. The molecule has 24 heavy (non-hydrogen) atoms. The van der Waals surface area contributed by atoms with Crippen molar-refractivity contribution in [2.24, 2.45) is 0 Å². The molecule has 7 nitrogen and oxygen atoms in total. The molecule has 1 saturated heterocycles. The number of likely N-dealkylation sites (N-methyl/N-ethyl adjacent to an activating group) is 2. The van der Waals surface area contributed by atoms with E-state index in [2.05, 4.69) is 31.7 Å². The van der Waals surface area contributed by atoms with Crippen LogP contribution < -0.4 is 10.9 Å². The molecule has 0 saturated carbocycles. The molecule has 1 unspecified atom stereocenters. The minimum atomic E-state index is -0.660. The number of nitrogens with zero attached hydrogens (tertiary/aromatic N) is 2. The van der Waals surface area contributed by atoms with Gasteiger partial charge in [-0.25, -0.2) is 10.2 Å². The summed E-state index contributed by atoms with van der Waals surface area (Å²) in [5.41, 5.74) is 5.79. The maximum atomic E-state index is 12.1. The maximum Gasteiger partial charge on any atom is 0.426 e. The number of hydrazine groups is 1. The van der Waals surface area contributed by atoms with Crippen molar-refractivity contribution >= 4 is 27.9 Å². The third-order valence-corrected chi connectivity index (χ3v) is 4.51. The van der Waals surface area contributed by atoms with Crippen LogP contribution in [0.5, 0.6) is 0 Å². The molecule has 1 aromatic carbocycles. The van der Waals surface area contributed by atoms with E-state index in [9.17, 15) is 9.59 Å². The number of benzene rings is 1. The number of carbonyl (C=O) groups excluding carboxylic acids is 2. The molecule has 8 heteroatoms. The molecule has 1 aliphatic rings. The molecule has 1 heterocycles. The van der Waals surface area contributed by atoms with Crippen molar-refractivity contribution in [3.05, 3.63) is 34.3 Å². The fourth-order valence-corrected chi connectivity index (χ4v) is 2.70. The largest absolute Gasteiger partial charge is 0.448 e. The SMILES string of the molecule is CN1CCN(C)C(C(=O)NNC(=O)OCCc2ccc(Br)cc2)C1. The lowest BCUT2D eigenvalue weighted by Crippen LogP contribution is -2.59. The van der Waals surface area contributed by atoms with E-state index in [0.717, 1.165) is 23.1 Å². The number of carbonyl (C=O) groups is 2. The van der Waals surface area contributed by atoms with Crippen LogP contribution in [0.4, 0.5) is 4.79 Å². The Hall–Kier alpha value is -1.64. The summed E-state index contributed by atoms with van der Waals surface area (Å²) in [6, 6.07) is 7.51. The lowest BCUT2D eigenvalue weighted by molar-refractivity contribution is -0.128. The van der Waals surface area contributed by atoms with Gasteiger partial charge in [-0.15, -0.1) is 0 Å². The van der Waals surface area contributed by atoms with Crippen LogP contribution in [0, 0.1) is 0 Å². The van der Waals surface area contributed by atoms with E-state index >= 15 is 0 Å². The monoisotopic (exact) mass is 398 g/mol. The zero-order valence-electron chi connectivity index (χ0n) is 13.9. The molecule has 1 fully saturated rings. The van der Waals surface area contributed by atoms with E-state index in [1.807, 2.05) is 43.3 Å². The zero-order chi connectivity index (χ0) is 17.5. The highest BCUT2D eigenvalue weighted by molar-refractivity contribution is 9.10. The smallest absolute Gasteiger partial charge is 0.426 e. The van der Waals surface area contributed by atoms with Crippen molar-refractivity contribution in [3.63, 3.8) is 0 Å². The van der Waals surface area contributed by atoms with Crippen molar-refractivity contribution in [1.82, 2.24) is 20.7 Å². The Morgan fingerprint density at radius 3 is 2.62 bits per heavy atom. The van der Waals surface area contributed by atoms with Gasteiger partial charge in [0, 0.05) is 30.5 Å². The molecule has 2 N–H and O–H groups in total. The fraction of sp³-hybridized carbons (Fsp3) is 0.500. The lowest BCUT2D eigenvalue weighted by Gasteiger charge is -2.36. The molecule has 1 aromatic rings. The van der Waals surface area contributed by atoms with Crippen LogP contribution in [0.2, 0.25) is 0 Å². The van der Waals surface area contributed by atoms with Gasteiger partial charge in [0.15, 0.2) is 0 Å². The molecular weight excluding hydrogens is 376 g/mol. The molecule has 2 amide bonds. The minimum Gasteiger partial charge on any atom is -0.448 e. The van der Waals surface area contributed by atoms with Crippen LogP contribution in [-0.4, -0.2) is 68.2 Å². The molecule has 1 atom stereocenters. The van der Waals surface area contributed by atoms with E-state index in [0.29, 0.717) is 13.0 Å². The van der Waals surface area contributed by atoms with Gasteiger partial charge in [-0.05, 0) is 31.8 Å². The topological polar surface area (TPSA) is 73.9 Å². The van der Waals surface area contributed by atoms with Crippen LogP contribution in [0.15, 0.2) is 28.7 Å². The average molecular weight is 399 g/mol. The molecular formula is C16H23BrN4O3. The summed E-state index contributed by atoms with van der Waals surface area (Å²) in [6.07, 6.45) is -0.0441. The number of nitrogens with one attached hydrogen (secondary N) is 2. The van der Waals surface area contributed by atoms with Crippen LogP contribution in [0.3, 0.4) is 0 Å². The van der Waals surface area contributed by atoms with Gasteiger partial charge in [-0.1, -0.05) is 28.1 Å². The number of hydrogen-bond acceptors (Lipinski definition) is 5. The molecule has 1 aliphatic heterocycles. The van der Waals surface area contributed by atoms with Crippen molar-refractivity contribution in [2.45, 2.75) is 12.5 Å². The first-order valence-electron chi connectivity index (χ1n) is 7.81. The second-order valence-electron chi connectivity index (χ2n) is 5.89. The second kappa shape index (κ2) is 9.00. The predicted octanol–water partition coefficient (Wildman–Crippen LogP) is 0.995. The Bertz CT molecular complexity index is 567. The quantitative estimate of drug-likeness (QED) is 0.739. The first kappa shape index (κ1) is 18.7. The molecule has 132 valence electrons. The normalized spacial score (nSPS) is 18.9. The average Bonchev–Trinajstić information content (AvgIpc) is 2.56. The van der Waals surface area contributed by atoms with Gasteiger partial charge in [0.05, 0.1) is 6.61 Å². The summed E-state index contributed by atoms with van der Waals surface area (Å²) in [4.78, 5) is 27.8. The highest BCUT2D eigenvalue weighted by Gasteiger charge is 2.28. The van der Waals surface area contributed by atoms with Crippen LogP contribution in [-0.2, 0) is 16.0 Å². The van der Waals surface area contributed by atoms with E-state index in [1.165, 1.54) is 0 Å². The summed E-state index contributed by atoms with van der Waals surface area (Å²) in [7, 11) is 3.87. The van der Waals surface area contributed by atoms with Crippen molar-refractivity contribution in [3.8, 4) is 0 Å². The van der Waals surface area contributed by atoms with Crippen molar-refractivity contribution in [1.29, 1.82) is 0 Å². The van der Waals surface area contributed by atoms with Crippen LogP contribution in [0.25, 0.3) is 0 Å². The Labute approximate surface area is 150 Å². The van der Waals surface area contributed by atoms with Gasteiger partial charge in [0.25, 0.3) is 5.91 Å². The predicted molar refractivity (Wildman–Crippen MR) is 94.4 cm³/mol. The minimum absolute atomic E-state index is 0.242. The van der Waals surface area contributed by atoms with E-state index < -0.39 is 6.09 Å². The Kier molecular flexibility index (Phi) is 7.01. The fourth-order valence-electron chi connectivity index (χ4n) is 2.44. The van der Waals surface area contributed by atoms with Gasteiger partial charge in [0.2, 0.25) is 0 Å². The first-order valence-corrected chi connectivity index (χ1v) is 8.61. The highest BCUT2D eigenvalue weighted by Crippen LogP contribution is 2.10. The highest BCUT2D eigenvalue weighted by atomic mass is 79.9. The summed E-state index contributed by atoms with van der Waals surface area (Å²) in [5, 5.41) is 0. The number of halogens is 1.